The van der Waals surface area contributed by atoms with Crippen LogP contribution in [-0.4, -0.2) is 36.5 Å². The van der Waals surface area contributed by atoms with Crippen molar-refractivity contribution in [1.29, 1.82) is 0 Å². The highest BCUT2D eigenvalue weighted by atomic mass is 16.2. The quantitative estimate of drug-likeness (QED) is 0.767. The highest BCUT2D eigenvalue weighted by molar-refractivity contribution is 5.95. The Hall–Kier alpha value is -2.04. The van der Waals surface area contributed by atoms with Gasteiger partial charge in [0.2, 0.25) is 0 Å². The summed E-state index contributed by atoms with van der Waals surface area (Å²) in [7, 11) is 0. The van der Waals surface area contributed by atoms with Crippen LogP contribution in [0.15, 0.2) is 24.3 Å². The molecule has 1 aromatic carbocycles. The van der Waals surface area contributed by atoms with Gasteiger partial charge in [0.05, 0.1) is 0 Å². The summed E-state index contributed by atoms with van der Waals surface area (Å²) in [5.74, 6) is 0.452. The van der Waals surface area contributed by atoms with Gasteiger partial charge in [-0.3, -0.25) is 4.79 Å². The predicted octanol–water partition coefficient (Wildman–Crippen LogP) is 3.73. The van der Waals surface area contributed by atoms with Gasteiger partial charge in [-0.15, -0.1) is 0 Å². The highest BCUT2D eigenvalue weighted by Crippen LogP contribution is 2.12. The first kappa shape index (κ1) is 19.0. The Labute approximate surface area is 139 Å². The third kappa shape index (κ3) is 6.72. The molecule has 128 valence electrons. The maximum Gasteiger partial charge on any atom is 0.319 e. The Kier molecular flexibility index (Phi) is 8.16. The first-order valence-corrected chi connectivity index (χ1v) is 8.42. The molecule has 0 saturated heterocycles. The summed E-state index contributed by atoms with van der Waals surface area (Å²) in [6.07, 6.45) is 1.89. The van der Waals surface area contributed by atoms with Gasteiger partial charge in [0.1, 0.15) is 0 Å². The third-order valence-electron chi connectivity index (χ3n) is 3.33. The van der Waals surface area contributed by atoms with Gasteiger partial charge in [-0.25, -0.2) is 4.79 Å². The summed E-state index contributed by atoms with van der Waals surface area (Å²) in [6.45, 7) is 10.4. The molecule has 0 aliphatic carbocycles. The molecule has 0 fully saturated rings. The smallest absolute Gasteiger partial charge is 0.319 e. The van der Waals surface area contributed by atoms with E-state index >= 15 is 0 Å². The monoisotopic (exact) mass is 319 g/mol. The minimum Gasteiger partial charge on any atom is -0.339 e. The second kappa shape index (κ2) is 9.87. The van der Waals surface area contributed by atoms with Gasteiger partial charge in [-0.1, -0.05) is 27.7 Å². The van der Waals surface area contributed by atoms with Crippen LogP contribution in [0.1, 0.15) is 50.9 Å². The van der Waals surface area contributed by atoms with Crippen LogP contribution in [0, 0.1) is 5.92 Å². The lowest BCUT2D eigenvalue weighted by Crippen LogP contribution is -2.32. The molecule has 2 N–H and O–H groups in total. The fourth-order valence-electron chi connectivity index (χ4n) is 2.21. The van der Waals surface area contributed by atoms with E-state index in [0.29, 0.717) is 23.7 Å². The topological polar surface area (TPSA) is 61.4 Å². The summed E-state index contributed by atoms with van der Waals surface area (Å²) < 4.78 is 0. The van der Waals surface area contributed by atoms with Crippen molar-refractivity contribution < 1.29 is 9.59 Å². The zero-order valence-corrected chi connectivity index (χ0v) is 14.7. The average Bonchev–Trinajstić information content (AvgIpc) is 2.53. The molecule has 3 amide bonds. The number of nitrogens with one attached hydrogen (secondary N) is 2. The van der Waals surface area contributed by atoms with E-state index in [2.05, 4.69) is 24.5 Å². The molecular formula is C18H29N3O2. The predicted molar refractivity (Wildman–Crippen MR) is 94.8 cm³/mol. The zero-order valence-electron chi connectivity index (χ0n) is 14.7. The number of hydrogen-bond donors (Lipinski definition) is 2. The Morgan fingerprint density at radius 3 is 2.09 bits per heavy atom. The summed E-state index contributed by atoms with van der Waals surface area (Å²) in [4.78, 5) is 26.1. The fraction of sp³-hybridized carbons (Fsp3) is 0.556. The van der Waals surface area contributed by atoms with Crippen molar-refractivity contribution in [3.8, 4) is 0 Å². The molecule has 0 saturated carbocycles. The second-order valence-electron chi connectivity index (χ2n) is 6.10. The molecule has 0 unspecified atom stereocenters. The normalized spacial score (nSPS) is 10.5. The molecule has 23 heavy (non-hydrogen) atoms. The zero-order chi connectivity index (χ0) is 17.2. The number of carbonyl (C=O) groups is 2. The number of carbonyl (C=O) groups excluding carboxylic acids is 2. The van der Waals surface area contributed by atoms with Crippen molar-refractivity contribution in [2.24, 2.45) is 5.92 Å². The van der Waals surface area contributed by atoms with Crippen LogP contribution in [0.3, 0.4) is 0 Å². The SMILES string of the molecule is CCCN(CCC)C(=O)c1ccc(NC(=O)NCC(C)C)cc1. The van der Waals surface area contributed by atoms with Crippen LogP contribution in [-0.2, 0) is 0 Å². The summed E-state index contributed by atoms with van der Waals surface area (Å²) >= 11 is 0. The van der Waals surface area contributed by atoms with Crippen molar-refractivity contribution in [2.75, 3.05) is 25.0 Å². The summed E-state index contributed by atoms with van der Waals surface area (Å²) in [6, 6.07) is 6.82. The standard InChI is InChI=1S/C18H29N3O2/c1-5-11-21(12-6-2)17(22)15-7-9-16(10-8-15)20-18(23)19-13-14(3)4/h7-10,14H,5-6,11-13H2,1-4H3,(H2,19,20,23). The van der Waals surface area contributed by atoms with E-state index in [1.165, 1.54) is 0 Å². The van der Waals surface area contributed by atoms with E-state index in [1.807, 2.05) is 18.7 Å². The molecule has 1 aromatic rings. The van der Waals surface area contributed by atoms with E-state index < -0.39 is 0 Å². The molecule has 0 radical (unpaired) electrons. The summed E-state index contributed by atoms with van der Waals surface area (Å²) in [5, 5.41) is 5.56. The lowest BCUT2D eigenvalue weighted by atomic mass is 10.1. The van der Waals surface area contributed by atoms with E-state index in [0.717, 1.165) is 25.9 Å². The van der Waals surface area contributed by atoms with Gasteiger partial charge < -0.3 is 15.5 Å². The first-order chi connectivity index (χ1) is 11.0. The number of rotatable bonds is 8. The first-order valence-electron chi connectivity index (χ1n) is 8.42. The van der Waals surface area contributed by atoms with Gasteiger partial charge in [-0.05, 0) is 43.0 Å². The van der Waals surface area contributed by atoms with Crippen LogP contribution in [0.2, 0.25) is 0 Å². The van der Waals surface area contributed by atoms with Gasteiger partial charge in [0, 0.05) is 30.9 Å². The van der Waals surface area contributed by atoms with Crippen molar-refractivity contribution >= 4 is 17.6 Å². The maximum atomic E-state index is 12.5. The Bertz CT molecular complexity index is 491. The Balaban J connectivity index is 2.64. The van der Waals surface area contributed by atoms with E-state index in [1.54, 1.807) is 24.3 Å². The molecule has 1 rings (SSSR count). The van der Waals surface area contributed by atoms with Crippen molar-refractivity contribution in [3.63, 3.8) is 0 Å². The molecule has 0 aromatic heterocycles. The number of anilines is 1. The molecule has 0 atom stereocenters. The maximum absolute atomic E-state index is 12.5. The molecule has 5 heteroatoms. The van der Waals surface area contributed by atoms with E-state index in [9.17, 15) is 9.59 Å². The molecule has 0 spiro atoms. The van der Waals surface area contributed by atoms with Crippen LogP contribution < -0.4 is 10.6 Å². The molecular weight excluding hydrogens is 290 g/mol. The minimum absolute atomic E-state index is 0.0458. The van der Waals surface area contributed by atoms with Gasteiger partial charge >= 0.3 is 6.03 Å². The summed E-state index contributed by atoms with van der Waals surface area (Å²) in [5.41, 5.74) is 1.33. The number of nitrogens with zero attached hydrogens (tertiary/aromatic N) is 1. The number of urea groups is 1. The second-order valence-corrected chi connectivity index (χ2v) is 6.10. The molecule has 5 nitrogen and oxygen atoms in total. The average molecular weight is 319 g/mol. The lowest BCUT2D eigenvalue weighted by molar-refractivity contribution is 0.0755. The highest BCUT2D eigenvalue weighted by Gasteiger charge is 2.14. The van der Waals surface area contributed by atoms with Crippen LogP contribution in [0.25, 0.3) is 0 Å². The number of benzene rings is 1. The minimum atomic E-state index is -0.226. The lowest BCUT2D eigenvalue weighted by Gasteiger charge is -2.21. The van der Waals surface area contributed by atoms with E-state index in [4.69, 9.17) is 0 Å². The van der Waals surface area contributed by atoms with E-state index in [-0.39, 0.29) is 11.9 Å². The molecule has 0 aliphatic rings. The number of hydrogen-bond acceptors (Lipinski definition) is 2. The van der Waals surface area contributed by atoms with Crippen LogP contribution >= 0.6 is 0 Å². The van der Waals surface area contributed by atoms with Crippen LogP contribution in [0.4, 0.5) is 10.5 Å². The Morgan fingerprint density at radius 1 is 1.04 bits per heavy atom. The van der Waals surface area contributed by atoms with Crippen molar-refractivity contribution in [3.05, 3.63) is 29.8 Å². The Morgan fingerprint density at radius 2 is 1.61 bits per heavy atom. The van der Waals surface area contributed by atoms with Crippen molar-refractivity contribution in [2.45, 2.75) is 40.5 Å². The van der Waals surface area contributed by atoms with Gasteiger partial charge in [0.25, 0.3) is 5.91 Å². The fourth-order valence-corrected chi connectivity index (χ4v) is 2.21. The van der Waals surface area contributed by atoms with Gasteiger partial charge in [-0.2, -0.15) is 0 Å². The van der Waals surface area contributed by atoms with Crippen molar-refractivity contribution in [1.82, 2.24) is 10.2 Å². The molecule has 0 bridgehead atoms. The third-order valence-corrected chi connectivity index (χ3v) is 3.33. The molecule has 0 heterocycles. The largest absolute Gasteiger partial charge is 0.339 e. The number of amides is 3. The molecule has 0 aliphatic heterocycles. The van der Waals surface area contributed by atoms with Crippen LogP contribution in [0.5, 0.6) is 0 Å². The van der Waals surface area contributed by atoms with Gasteiger partial charge in [0.15, 0.2) is 0 Å².